The van der Waals surface area contributed by atoms with Gasteiger partial charge in [-0.1, -0.05) is 43.1 Å². The van der Waals surface area contributed by atoms with Crippen LogP contribution < -0.4 is 0 Å². The number of aliphatic imine (C=N–C) groups is 1. The van der Waals surface area contributed by atoms with Crippen LogP contribution in [0.4, 0.5) is 11.4 Å². The van der Waals surface area contributed by atoms with Gasteiger partial charge in [-0.05, 0) is 18.2 Å². The van der Waals surface area contributed by atoms with Gasteiger partial charge in [0.05, 0.1) is 21.7 Å². The molecule has 1 aromatic heterocycles. The zero-order valence-electron chi connectivity index (χ0n) is 14.1. The van der Waals surface area contributed by atoms with Crippen LogP contribution in [0.5, 0.6) is 5.88 Å². The lowest BCUT2D eigenvalue weighted by atomic mass is 10.0. The molecular weight excluding hydrogens is 496 g/mol. The first-order valence-corrected chi connectivity index (χ1v) is 10.1. The Morgan fingerprint density at radius 2 is 2.11 bits per heavy atom. The number of hydrogen-bond donors (Lipinski definition) is 2. The number of nitro groups is 1. The summed E-state index contributed by atoms with van der Waals surface area (Å²) in [6, 6.07) is 9.88. The number of nitrogens with zero attached hydrogens (tertiary/aromatic N) is 3. The van der Waals surface area contributed by atoms with Gasteiger partial charge in [0.15, 0.2) is 5.88 Å². The van der Waals surface area contributed by atoms with Crippen molar-refractivity contribution < 1.29 is 14.9 Å². The van der Waals surface area contributed by atoms with Crippen molar-refractivity contribution in [2.45, 2.75) is 0 Å². The molecule has 0 amide bonds. The molecule has 28 heavy (non-hydrogen) atoms. The Hall–Kier alpha value is -2.72. The van der Waals surface area contributed by atoms with Crippen LogP contribution in [0.3, 0.4) is 0 Å². The summed E-state index contributed by atoms with van der Waals surface area (Å²) in [5.74, 6) is -0.0673. The third-order valence-corrected chi connectivity index (χ3v) is 5.02. The molecule has 2 N–H and O–H groups in total. The van der Waals surface area contributed by atoms with Crippen molar-refractivity contribution in [1.82, 2.24) is 4.98 Å². The minimum atomic E-state index is -0.476. The number of rotatable bonds is 5. The topological polar surface area (TPSA) is 113 Å². The number of nitro benzene ring substituents is 1. The number of hydrogen-bond acceptors (Lipinski definition) is 6. The molecule has 0 aliphatic carbocycles. The molecule has 0 saturated carbocycles. The van der Waals surface area contributed by atoms with Crippen LogP contribution >= 0.6 is 31.9 Å². The minimum absolute atomic E-state index is 0.0673. The highest BCUT2D eigenvalue weighted by Crippen LogP contribution is 2.37. The Balaban J connectivity index is 1.90. The molecule has 0 fully saturated rings. The van der Waals surface area contributed by atoms with Gasteiger partial charge in [0.2, 0.25) is 0 Å². The number of halogens is 2. The van der Waals surface area contributed by atoms with E-state index in [-0.39, 0.29) is 11.6 Å². The van der Waals surface area contributed by atoms with E-state index >= 15 is 0 Å². The quantitative estimate of drug-likeness (QED) is 0.223. The van der Waals surface area contributed by atoms with Crippen molar-refractivity contribution in [2.75, 3.05) is 11.9 Å². The van der Waals surface area contributed by atoms with Crippen molar-refractivity contribution in [3.8, 4) is 5.88 Å². The molecule has 0 unspecified atom stereocenters. The van der Waals surface area contributed by atoms with Gasteiger partial charge < -0.3 is 14.9 Å². The summed E-state index contributed by atoms with van der Waals surface area (Å²) in [7, 11) is 0. The maximum atomic E-state index is 11.2. The molecular formula is C18H12Br2N4O4. The van der Waals surface area contributed by atoms with E-state index in [1.807, 2.05) is 18.2 Å². The molecule has 8 nitrogen and oxygen atoms in total. The first-order chi connectivity index (χ1) is 13.5. The van der Waals surface area contributed by atoms with Gasteiger partial charge in [0.25, 0.3) is 5.69 Å². The van der Waals surface area contributed by atoms with Gasteiger partial charge in [-0.3, -0.25) is 10.1 Å². The molecule has 10 heteroatoms. The molecule has 0 bridgehead atoms. The summed E-state index contributed by atoms with van der Waals surface area (Å²) < 4.78 is 0.856. The largest absolute Gasteiger partial charge is 0.494 e. The van der Waals surface area contributed by atoms with Gasteiger partial charge in [0, 0.05) is 32.9 Å². The van der Waals surface area contributed by atoms with Crippen LogP contribution in [0.1, 0.15) is 11.1 Å². The molecule has 0 atom stereocenters. The number of H-pyrrole nitrogens is 1. The van der Waals surface area contributed by atoms with Crippen molar-refractivity contribution >= 4 is 65.6 Å². The molecule has 0 saturated heterocycles. The molecule has 2 aromatic carbocycles. The second-order valence-corrected chi connectivity index (χ2v) is 7.63. The average molecular weight is 508 g/mol. The van der Waals surface area contributed by atoms with Crippen LogP contribution in [0.2, 0.25) is 0 Å². The molecule has 4 rings (SSSR count). The second kappa shape index (κ2) is 7.36. The third kappa shape index (κ3) is 3.18. The van der Waals surface area contributed by atoms with Crippen LogP contribution in [-0.2, 0) is 4.84 Å². The number of fused-ring (bicyclic) bond motifs is 2. The van der Waals surface area contributed by atoms with Gasteiger partial charge in [-0.25, -0.2) is 4.99 Å². The maximum absolute atomic E-state index is 11.2. The second-order valence-electron chi connectivity index (χ2n) is 5.92. The minimum Gasteiger partial charge on any atom is -0.494 e. The SMILES string of the molecule is O=[N+]([O-])c1ccc2c(c1)/C(=N\OCCBr)C(c1c(O)[nH]c3cc(Br)ccc13)=N2. The fourth-order valence-corrected chi connectivity index (χ4v) is 3.54. The zero-order chi connectivity index (χ0) is 19.8. The summed E-state index contributed by atoms with van der Waals surface area (Å²) >= 11 is 6.67. The zero-order valence-corrected chi connectivity index (χ0v) is 17.3. The van der Waals surface area contributed by atoms with Gasteiger partial charge in [-0.2, -0.15) is 0 Å². The third-order valence-electron chi connectivity index (χ3n) is 4.20. The van der Waals surface area contributed by atoms with E-state index in [2.05, 4.69) is 47.0 Å². The van der Waals surface area contributed by atoms with Gasteiger partial charge in [0.1, 0.15) is 18.0 Å². The monoisotopic (exact) mass is 506 g/mol. The lowest BCUT2D eigenvalue weighted by Gasteiger charge is -2.05. The molecule has 142 valence electrons. The highest BCUT2D eigenvalue weighted by molar-refractivity contribution is 9.10. The van der Waals surface area contributed by atoms with E-state index < -0.39 is 4.92 Å². The number of nitrogens with one attached hydrogen (secondary N) is 1. The van der Waals surface area contributed by atoms with Crippen LogP contribution in [0.25, 0.3) is 10.9 Å². The Morgan fingerprint density at radius 1 is 1.29 bits per heavy atom. The van der Waals surface area contributed by atoms with Crippen molar-refractivity contribution in [2.24, 2.45) is 10.1 Å². The number of benzene rings is 2. The summed E-state index contributed by atoms with van der Waals surface area (Å²) in [5, 5.41) is 27.2. The number of non-ortho nitro benzene ring substituents is 1. The lowest BCUT2D eigenvalue weighted by molar-refractivity contribution is -0.384. The summed E-state index contributed by atoms with van der Waals surface area (Å²) in [6.07, 6.45) is 0. The van der Waals surface area contributed by atoms with E-state index in [1.165, 1.54) is 12.1 Å². The molecule has 3 aromatic rings. The lowest BCUT2D eigenvalue weighted by Crippen LogP contribution is -2.14. The van der Waals surface area contributed by atoms with Crippen LogP contribution in [0.15, 0.2) is 51.0 Å². The van der Waals surface area contributed by atoms with Crippen LogP contribution in [-0.4, -0.2) is 38.4 Å². The summed E-state index contributed by atoms with van der Waals surface area (Å²) in [6.45, 7) is 0.313. The Kier molecular flexibility index (Phi) is 4.90. The molecule has 0 radical (unpaired) electrons. The number of alkyl halides is 1. The Morgan fingerprint density at radius 3 is 2.86 bits per heavy atom. The standard InChI is InChI=1S/C18H12Br2N4O4/c19-5-6-28-23-16-12-8-10(24(26)27)2-4-13(12)21-17(16)15-11-3-1-9(20)7-14(11)22-18(15)25/h1-4,7-8,22,25H,5-6H2/b23-16+. The van der Waals surface area contributed by atoms with Gasteiger partial charge >= 0.3 is 0 Å². The maximum Gasteiger partial charge on any atom is 0.270 e. The smallest absolute Gasteiger partial charge is 0.270 e. The highest BCUT2D eigenvalue weighted by Gasteiger charge is 2.30. The number of aromatic hydroxyl groups is 1. The number of aromatic amines is 1. The van der Waals surface area contributed by atoms with Crippen molar-refractivity contribution in [3.63, 3.8) is 0 Å². The normalized spacial score (nSPS) is 14.4. The average Bonchev–Trinajstić information content (AvgIpc) is 3.17. The molecule has 1 aliphatic heterocycles. The van der Waals surface area contributed by atoms with Crippen LogP contribution in [0, 0.1) is 10.1 Å². The van der Waals surface area contributed by atoms with E-state index in [4.69, 9.17) is 4.84 Å². The first kappa shape index (κ1) is 18.6. The fraction of sp³-hybridized carbons (Fsp3) is 0.111. The van der Waals surface area contributed by atoms with Crippen molar-refractivity contribution in [3.05, 3.63) is 62.1 Å². The van der Waals surface area contributed by atoms with E-state index in [0.29, 0.717) is 45.7 Å². The number of aromatic nitrogens is 1. The first-order valence-electron chi connectivity index (χ1n) is 8.14. The van der Waals surface area contributed by atoms with Gasteiger partial charge in [-0.15, -0.1) is 0 Å². The Labute approximate surface area is 175 Å². The predicted octanol–water partition coefficient (Wildman–Crippen LogP) is 4.79. The molecule has 2 heterocycles. The molecule has 1 aliphatic rings. The van der Waals surface area contributed by atoms with E-state index in [9.17, 15) is 15.2 Å². The number of oxime groups is 1. The summed E-state index contributed by atoms with van der Waals surface area (Å²) in [4.78, 5) is 23.5. The predicted molar refractivity (Wildman–Crippen MR) is 113 cm³/mol. The Bertz CT molecular complexity index is 1170. The summed E-state index contributed by atoms with van der Waals surface area (Å²) in [5.41, 5.74) is 2.82. The fourth-order valence-electron chi connectivity index (χ4n) is 3.03. The van der Waals surface area contributed by atoms with Crippen molar-refractivity contribution in [1.29, 1.82) is 0 Å². The van der Waals surface area contributed by atoms with E-state index in [1.54, 1.807) is 6.07 Å². The molecule has 0 spiro atoms. The van der Waals surface area contributed by atoms with E-state index in [0.717, 1.165) is 9.86 Å². The highest BCUT2D eigenvalue weighted by atomic mass is 79.9.